The van der Waals surface area contributed by atoms with E-state index in [0.717, 1.165) is 26.9 Å². The number of nitrogens with zero attached hydrogens (tertiary/aromatic N) is 1. The third-order valence-electron chi connectivity index (χ3n) is 3.77. The molecule has 0 fully saturated rings. The van der Waals surface area contributed by atoms with Crippen LogP contribution < -0.4 is 10.6 Å². The Morgan fingerprint density at radius 2 is 1.80 bits per heavy atom. The third kappa shape index (κ3) is 2.25. The van der Waals surface area contributed by atoms with Gasteiger partial charge in [0.05, 0.1) is 12.5 Å². The van der Waals surface area contributed by atoms with Crippen molar-refractivity contribution < 1.29 is 4.79 Å². The Bertz CT molecular complexity index is 667. The smallest absolute Gasteiger partial charge is 0.231 e. The van der Waals surface area contributed by atoms with Gasteiger partial charge in [-0.25, -0.2) is 0 Å². The molecule has 1 atom stereocenters. The molecule has 0 aromatic heterocycles. The molecule has 1 aliphatic heterocycles. The first-order valence-corrected chi connectivity index (χ1v) is 7.26. The van der Waals surface area contributed by atoms with Crippen molar-refractivity contribution in [1.82, 2.24) is 0 Å². The molecule has 0 aliphatic carbocycles. The molecular formula is C16H15BrN2O. The monoisotopic (exact) mass is 330 g/mol. The largest absolute Gasteiger partial charge is 0.320 e. The summed E-state index contributed by atoms with van der Waals surface area (Å²) in [5.41, 5.74) is 10.5. The summed E-state index contributed by atoms with van der Waals surface area (Å²) in [6.07, 6.45) is 0.465. The van der Waals surface area contributed by atoms with Crippen molar-refractivity contribution in [3.05, 3.63) is 63.6 Å². The zero-order valence-corrected chi connectivity index (χ0v) is 12.7. The fourth-order valence-electron chi connectivity index (χ4n) is 2.55. The second-order valence-corrected chi connectivity index (χ2v) is 5.96. The van der Waals surface area contributed by atoms with Gasteiger partial charge in [0.2, 0.25) is 5.91 Å². The predicted octanol–water partition coefficient (Wildman–Crippen LogP) is 3.02. The van der Waals surface area contributed by atoms with Gasteiger partial charge in [0.15, 0.2) is 0 Å². The Morgan fingerprint density at radius 3 is 2.50 bits per heavy atom. The standard InChI is InChI=1S/C16H15BrN2O/c1-19-14-7-4-11(8-12(14)9-15(19)20)16(18)10-2-5-13(17)6-3-10/h2-8,16H,9,18H2,1H3. The fraction of sp³-hybridized carbons (Fsp3) is 0.188. The lowest BCUT2D eigenvalue weighted by Crippen LogP contribution is -2.20. The predicted molar refractivity (Wildman–Crippen MR) is 83.7 cm³/mol. The number of hydrogen-bond acceptors (Lipinski definition) is 2. The fourth-order valence-corrected chi connectivity index (χ4v) is 2.81. The first-order valence-electron chi connectivity index (χ1n) is 6.46. The molecule has 0 radical (unpaired) electrons. The average Bonchev–Trinajstić information content (AvgIpc) is 2.74. The van der Waals surface area contributed by atoms with Crippen molar-refractivity contribution in [3.63, 3.8) is 0 Å². The molecule has 0 saturated carbocycles. The van der Waals surface area contributed by atoms with Crippen LogP contribution >= 0.6 is 15.9 Å². The first-order chi connectivity index (χ1) is 9.56. The molecule has 2 N–H and O–H groups in total. The van der Waals surface area contributed by atoms with E-state index < -0.39 is 0 Å². The minimum Gasteiger partial charge on any atom is -0.320 e. The highest BCUT2D eigenvalue weighted by atomic mass is 79.9. The van der Waals surface area contributed by atoms with Crippen LogP contribution in [0.1, 0.15) is 22.7 Å². The Kier molecular flexibility index (Phi) is 3.36. The summed E-state index contributed by atoms with van der Waals surface area (Å²) < 4.78 is 1.04. The number of carbonyl (C=O) groups excluding carboxylic acids is 1. The molecule has 1 unspecified atom stereocenters. The van der Waals surface area contributed by atoms with Crippen LogP contribution in [0.25, 0.3) is 0 Å². The van der Waals surface area contributed by atoms with Gasteiger partial charge in [-0.1, -0.05) is 40.2 Å². The van der Waals surface area contributed by atoms with Crippen molar-refractivity contribution in [1.29, 1.82) is 0 Å². The highest BCUT2D eigenvalue weighted by Crippen LogP contribution is 2.31. The van der Waals surface area contributed by atoms with Crippen LogP contribution in [0.15, 0.2) is 46.9 Å². The third-order valence-corrected chi connectivity index (χ3v) is 4.30. The van der Waals surface area contributed by atoms with Crippen LogP contribution in [0.5, 0.6) is 0 Å². The molecular weight excluding hydrogens is 316 g/mol. The summed E-state index contributed by atoms with van der Waals surface area (Å²) >= 11 is 3.42. The molecule has 1 aliphatic rings. The Morgan fingerprint density at radius 1 is 1.15 bits per heavy atom. The van der Waals surface area contributed by atoms with Gasteiger partial charge in [0, 0.05) is 17.2 Å². The molecule has 1 heterocycles. The summed E-state index contributed by atoms with van der Waals surface area (Å²) in [4.78, 5) is 13.4. The minimum atomic E-state index is -0.172. The van der Waals surface area contributed by atoms with Crippen LogP contribution in [0.2, 0.25) is 0 Å². The lowest BCUT2D eigenvalue weighted by molar-refractivity contribution is -0.117. The molecule has 0 saturated heterocycles. The first kappa shape index (κ1) is 13.3. The zero-order valence-electron chi connectivity index (χ0n) is 11.1. The summed E-state index contributed by atoms with van der Waals surface area (Å²) in [7, 11) is 1.81. The van der Waals surface area contributed by atoms with E-state index >= 15 is 0 Å². The minimum absolute atomic E-state index is 0.134. The van der Waals surface area contributed by atoms with E-state index in [1.165, 1.54) is 0 Å². The van der Waals surface area contributed by atoms with Crippen molar-refractivity contribution in [2.75, 3.05) is 11.9 Å². The van der Waals surface area contributed by atoms with Gasteiger partial charge in [-0.2, -0.15) is 0 Å². The normalized spacial score (nSPS) is 15.3. The van der Waals surface area contributed by atoms with Crippen LogP contribution in [0, 0.1) is 0 Å². The van der Waals surface area contributed by atoms with Crippen molar-refractivity contribution >= 4 is 27.5 Å². The molecule has 20 heavy (non-hydrogen) atoms. The number of carbonyl (C=O) groups is 1. The maximum Gasteiger partial charge on any atom is 0.231 e. The number of halogens is 1. The topological polar surface area (TPSA) is 46.3 Å². The van der Waals surface area contributed by atoms with E-state index in [4.69, 9.17) is 5.73 Å². The Balaban J connectivity index is 1.94. The maximum atomic E-state index is 11.7. The number of anilines is 1. The maximum absolute atomic E-state index is 11.7. The van der Waals surface area contributed by atoms with E-state index in [0.29, 0.717) is 6.42 Å². The number of likely N-dealkylation sites (N-methyl/N-ethyl adjacent to an activating group) is 1. The lowest BCUT2D eigenvalue weighted by atomic mass is 9.97. The van der Waals surface area contributed by atoms with Crippen molar-refractivity contribution in [2.45, 2.75) is 12.5 Å². The van der Waals surface area contributed by atoms with Gasteiger partial charge in [-0.15, -0.1) is 0 Å². The van der Waals surface area contributed by atoms with Crippen LogP contribution in [-0.4, -0.2) is 13.0 Å². The summed E-state index contributed by atoms with van der Waals surface area (Å²) in [5, 5.41) is 0. The highest BCUT2D eigenvalue weighted by Gasteiger charge is 2.24. The molecule has 0 bridgehead atoms. The highest BCUT2D eigenvalue weighted by molar-refractivity contribution is 9.10. The lowest BCUT2D eigenvalue weighted by Gasteiger charge is -2.15. The number of nitrogens with two attached hydrogens (primary N) is 1. The number of rotatable bonds is 2. The molecule has 3 rings (SSSR count). The van der Waals surface area contributed by atoms with Gasteiger partial charge in [0.25, 0.3) is 0 Å². The number of amides is 1. The van der Waals surface area contributed by atoms with E-state index in [9.17, 15) is 4.79 Å². The van der Waals surface area contributed by atoms with E-state index in [1.54, 1.807) is 4.90 Å². The average molecular weight is 331 g/mol. The SMILES string of the molecule is CN1C(=O)Cc2cc(C(N)c3ccc(Br)cc3)ccc21. The van der Waals surface area contributed by atoms with Gasteiger partial charge < -0.3 is 10.6 Å². The van der Waals surface area contributed by atoms with Gasteiger partial charge in [-0.3, -0.25) is 4.79 Å². The zero-order chi connectivity index (χ0) is 14.3. The second-order valence-electron chi connectivity index (χ2n) is 5.05. The van der Waals surface area contributed by atoms with E-state index in [2.05, 4.69) is 15.9 Å². The summed E-state index contributed by atoms with van der Waals surface area (Å²) in [5.74, 6) is 0.134. The molecule has 2 aromatic rings. The molecule has 3 nitrogen and oxygen atoms in total. The molecule has 0 spiro atoms. The Labute approximate surface area is 126 Å². The molecule has 2 aromatic carbocycles. The van der Waals surface area contributed by atoms with Crippen LogP contribution in [0.4, 0.5) is 5.69 Å². The number of benzene rings is 2. The van der Waals surface area contributed by atoms with E-state index in [-0.39, 0.29) is 11.9 Å². The molecule has 1 amide bonds. The van der Waals surface area contributed by atoms with E-state index in [1.807, 2.05) is 49.5 Å². The molecule has 4 heteroatoms. The van der Waals surface area contributed by atoms with Gasteiger partial charge in [-0.05, 0) is 34.9 Å². The Hall–Kier alpha value is -1.65. The summed E-state index contributed by atoms with van der Waals surface area (Å²) in [6.45, 7) is 0. The number of hydrogen-bond donors (Lipinski definition) is 1. The number of fused-ring (bicyclic) bond motifs is 1. The van der Waals surface area contributed by atoms with Gasteiger partial charge in [0.1, 0.15) is 0 Å². The van der Waals surface area contributed by atoms with Crippen LogP contribution in [0.3, 0.4) is 0 Å². The second kappa shape index (κ2) is 5.04. The van der Waals surface area contributed by atoms with Crippen molar-refractivity contribution in [2.24, 2.45) is 5.73 Å². The quantitative estimate of drug-likeness (QED) is 0.919. The van der Waals surface area contributed by atoms with Gasteiger partial charge >= 0.3 is 0 Å². The van der Waals surface area contributed by atoms with Crippen LogP contribution in [-0.2, 0) is 11.2 Å². The van der Waals surface area contributed by atoms with Crippen molar-refractivity contribution in [3.8, 4) is 0 Å². The summed E-state index contributed by atoms with van der Waals surface area (Å²) in [6, 6.07) is 13.9. The molecule has 102 valence electrons.